The number of alkyl halides is 3. The largest absolute Gasteiger partial charge is 0.460 e. The Morgan fingerprint density at radius 3 is 2.33 bits per heavy atom. The summed E-state index contributed by atoms with van der Waals surface area (Å²) in [5.74, 6) is -2.41. The van der Waals surface area contributed by atoms with Gasteiger partial charge >= 0.3 is 12.1 Å². The first-order valence-corrected chi connectivity index (χ1v) is 8.15. The van der Waals surface area contributed by atoms with Crippen LogP contribution in [0.3, 0.4) is 0 Å². The quantitative estimate of drug-likeness (QED) is 0.480. The van der Waals surface area contributed by atoms with Gasteiger partial charge in [0.2, 0.25) is 0 Å². The molecule has 1 aliphatic rings. The standard InChI is InChI=1S/C18H19F3N2O4/c1-9(2)27-17(24)14-10(3)22-11(4)16(23(25)26)15(14)12-7-5-6-8-13(12)18(19,20)21/h5-9,15,22H,1-4H3. The highest BCUT2D eigenvalue weighted by atomic mass is 19.4. The Kier molecular flexibility index (Phi) is 5.62. The zero-order valence-electron chi connectivity index (χ0n) is 15.2. The van der Waals surface area contributed by atoms with Crippen molar-refractivity contribution < 1.29 is 27.6 Å². The lowest BCUT2D eigenvalue weighted by Gasteiger charge is -2.28. The first-order chi connectivity index (χ1) is 12.4. The fourth-order valence-corrected chi connectivity index (χ4v) is 3.08. The summed E-state index contributed by atoms with van der Waals surface area (Å²) in [6.45, 7) is 6.02. The number of halogens is 3. The summed E-state index contributed by atoms with van der Waals surface area (Å²) in [4.78, 5) is 23.5. The maximum Gasteiger partial charge on any atom is 0.416 e. The number of nitro groups is 1. The Morgan fingerprint density at radius 2 is 1.81 bits per heavy atom. The molecule has 0 aromatic heterocycles. The molecule has 146 valence electrons. The van der Waals surface area contributed by atoms with E-state index in [1.807, 2.05) is 0 Å². The van der Waals surface area contributed by atoms with Crippen LogP contribution in [0.15, 0.2) is 46.9 Å². The molecule has 6 nitrogen and oxygen atoms in total. The third-order valence-corrected chi connectivity index (χ3v) is 4.06. The number of hydrogen-bond acceptors (Lipinski definition) is 5. The zero-order valence-corrected chi connectivity index (χ0v) is 15.2. The highest BCUT2D eigenvalue weighted by Crippen LogP contribution is 2.44. The van der Waals surface area contributed by atoms with Gasteiger partial charge < -0.3 is 10.1 Å². The van der Waals surface area contributed by atoms with Crippen molar-refractivity contribution in [2.24, 2.45) is 0 Å². The summed E-state index contributed by atoms with van der Waals surface area (Å²) < 4.78 is 45.7. The second-order valence-electron chi connectivity index (χ2n) is 6.40. The van der Waals surface area contributed by atoms with Crippen molar-refractivity contribution in [2.75, 3.05) is 0 Å². The van der Waals surface area contributed by atoms with Crippen molar-refractivity contribution in [1.82, 2.24) is 5.32 Å². The van der Waals surface area contributed by atoms with Gasteiger partial charge in [0.05, 0.1) is 27.9 Å². The molecule has 1 N–H and O–H groups in total. The molecule has 0 bridgehead atoms. The van der Waals surface area contributed by atoms with Gasteiger partial charge in [0.25, 0.3) is 5.70 Å². The lowest BCUT2D eigenvalue weighted by atomic mass is 9.81. The smallest absolute Gasteiger partial charge is 0.416 e. The number of ether oxygens (including phenoxy) is 1. The number of esters is 1. The topological polar surface area (TPSA) is 81.5 Å². The Balaban J connectivity index is 2.77. The number of allylic oxidation sites excluding steroid dienone is 3. The molecule has 0 amide bonds. The monoisotopic (exact) mass is 384 g/mol. The van der Waals surface area contributed by atoms with Crippen molar-refractivity contribution in [3.63, 3.8) is 0 Å². The van der Waals surface area contributed by atoms with Crippen LogP contribution in [0.1, 0.15) is 44.7 Å². The maximum atomic E-state index is 13.5. The molecule has 0 spiro atoms. The fourth-order valence-electron chi connectivity index (χ4n) is 3.08. The average molecular weight is 384 g/mol. The molecule has 9 heteroatoms. The van der Waals surface area contributed by atoms with Crippen LogP contribution in [-0.4, -0.2) is 17.0 Å². The lowest BCUT2D eigenvalue weighted by molar-refractivity contribution is -0.431. The van der Waals surface area contributed by atoms with Crippen LogP contribution >= 0.6 is 0 Å². The van der Waals surface area contributed by atoms with Crippen molar-refractivity contribution in [1.29, 1.82) is 0 Å². The van der Waals surface area contributed by atoms with E-state index in [4.69, 9.17) is 4.74 Å². The van der Waals surface area contributed by atoms with Crippen molar-refractivity contribution >= 4 is 5.97 Å². The van der Waals surface area contributed by atoms with E-state index in [9.17, 15) is 28.1 Å². The van der Waals surface area contributed by atoms with Crippen LogP contribution in [0.5, 0.6) is 0 Å². The molecule has 0 aliphatic carbocycles. The van der Waals surface area contributed by atoms with Crippen molar-refractivity contribution in [2.45, 2.75) is 45.9 Å². The number of rotatable bonds is 4. The molecule has 1 aromatic rings. The second-order valence-corrected chi connectivity index (χ2v) is 6.40. The van der Waals surface area contributed by atoms with Crippen LogP contribution in [0, 0.1) is 10.1 Å². The molecule has 1 heterocycles. The number of hydrogen-bond donors (Lipinski definition) is 1. The Labute approximate surface area is 153 Å². The number of benzene rings is 1. The minimum Gasteiger partial charge on any atom is -0.460 e. The highest BCUT2D eigenvalue weighted by Gasteiger charge is 2.45. The molecule has 0 radical (unpaired) electrons. The summed E-state index contributed by atoms with van der Waals surface area (Å²) in [5.41, 5.74) is -1.85. The van der Waals surface area contributed by atoms with E-state index in [1.54, 1.807) is 13.8 Å². The highest BCUT2D eigenvalue weighted by molar-refractivity contribution is 5.92. The summed E-state index contributed by atoms with van der Waals surface area (Å²) in [6.07, 6.45) is -5.28. The van der Waals surface area contributed by atoms with E-state index in [-0.39, 0.29) is 22.5 Å². The van der Waals surface area contributed by atoms with Crippen LogP contribution in [0.25, 0.3) is 0 Å². The number of carbonyl (C=O) groups is 1. The third-order valence-electron chi connectivity index (χ3n) is 4.06. The molecular weight excluding hydrogens is 365 g/mol. The van der Waals surface area contributed by atoms with Gasteiger partial charge in [-0.2, -0.15) is 13.2 Å². The summed E-state index contributed by atoms with van der Waals surface area (Å²) in [6, 6.07) is 4.52. The zero-order chi connectivity index (χ0) is 20.5. The molecular formula is C18H19F3N2O4. The molecule has 27 heavy (non-hydrogen) atoms. The summed E-state index contributed by atoms with van der Waals surface area (Å²) in [7, 11) is 0. The minimum absolute atomic E-state index is 0.0700. The van der Waals surface area contributed by atoms with Gasteiger partial charge in [0, 0.05) is 5.70 Å². The molecule has 0 saturated carbocycles. The molecule has 1 aromatic carbocycles. The van der Waals surface area contributed by atoms with Crippen LogP contribution in [-0.2, 0) is 15.7 Å². The number of nitrogens with zero attached hydrogens (tertiary/aromatic N) is 1. The Hall–Kier alpha value is -2.84. The predicted molar refractivity (Wildman–Crippen MR) is 90.9 cm³/mol. The van der Waals surface area contributed by atoms with Gasteiger partial charge in [-0.3, -0.25) is 10.1 Å². The van der Waals surface area contributed by atoms with Gasteiger partial charge in [-0.25, -0.2) is 4.79 Å². The van der Waals surface area contributed by atoms with Gasteiger partial charge in [-0.05, 0) is 39.3 Å². The summed E-state index contributed by atoms with van der Waals surface area (Å²) >= 11 is 0. The van der Waals surface area contributed by atoms with E-state index in [1.165, 1.54) is 26.0 Å². The molecule has 1 atom stereocenters. The van der Waals surface area contributed by atoms with E-state index in [2.05, 4.69) is 5.32 Å². The maximum absolute atomic E-state index is 13.5. The van der Waals surface area contributed by atoms with E-state index in [0.717, 1.165) is 12.1 Å². The normalized spacial score (nSPS) is 17.9. The van der Waals surface area contributed by atoms with E-state index < -0.39 is 40.4 Å². The number of carbonyl (C=O) groups excluding carboxylic acids is 1. The molecule has 1 aliphatic heterocycles. The van der Waals surface area contributed by atoms with Crippen LogP contribution in [0.2, 0.25) is 0 Å². The molecule has 1 unspecified atom stereocenters. The summed E-state index contributed by atoms with van der Waals surface area (Å²) in [5, 5.41) is 14.4. The lowest BCUT2D eigenvalue weighted by Crippen LogP contribution is -2.33. The fraction of sp³-hybridized carbons (Fsp3) is 0.389. The first kappa shape index (κ1) is 20.5. The minimum atomic E-state index is -4.74. The van der Waals surface area contributed by atoms with Gasteiger partial charge in [0.15, 0.2) is 0 Å². The van der Waals surface area contributed by atoms with Crippen LogP contribution in [0.4, 0.5) is 13.2 Å². The molecule has 2 rings (SSSR count). The third kappa shape index (κ3) is 4.12. The van der Waals surface area contributed by atoms with Gasteiger partial charge in [-0.15, -0.1) is 0 Å². The van der Waals surface area contributed by atoms with Crippen molar-refractivity contribution in [3.8, 4) is 0 Å². The van der Waals surface area contributed by atoms with Crippen molar-refractivity contribution in [3.05, 3.63) is 68.2 Å². The molecule has 0 fully saturated rings. The van der Waals surface area contributed by atoms with E-state index in [0.29, 0.717) is 0 Å². The van der Waals surface area contributed by atoms with Crippen LogP contribution < -0.4 is 5.32 Å². The SMILES string of the molecule is CC1=C(C(=O)OC(C)C)C(c2ccccc2C(F)(F)F)C([N+](=O)[O-])=C(C)N1. The number of dihydropyridines is 1. The Morgan fingerprint density at radius 1 is 1.22 bits per heavy atom. The number of nitrogens with one attached hydrogen (secondary N) is 1. The molecule has 0 saturated heterocycles. The first-order valence-electron chi connectivity index (χ1n) is 8.15. The predicted octanol–water partition coefficient (Wildman–Crippen LogP) is 4.13. The Bertz CT molecular complexity index is 841. The van der Waals surface area contributed by atoms with E-state index >= 15 is 0 Å². The average Bonchev–Trinajstić information content (AvgIpc) is 2.51. The van der Waals surface area contributed by atoms with Gasteiger partial charge in [0.1, 0.15) is 5.92 Å². The second kappa shape index (κ2) is 7.42. The van der Waals surface area contributed by atoms with Gasteiger partial charge in [-0.1, -0.05) is 18.2 Å².